The fourth-order valence-electron chi connectivity index (χ4n) is 2.15. The Morgan fingerprint density at radius 2 is 1.90 bits per heavy atom. The molecule has 0 fully saturated rings. The van der Waals surface area contributed by atoms with E-state index in [1.807, 2.05) is 7.48 Å². The molecule has 0 saturated carbocycles. The number of benzene rings is 1. The van der Waals surface area contributed by atoms with E-state index in [2.05, 4.69) is 70.5 Å². The SMILES string of the molecule is CN1CCc2ccc([B]OC(C)(C)C(C)(C)S)cc2C1. The van der Waals surface area contributed by atoms with Crippen molar-refractivity contribution in [1.82, 2.24) is 4.90 Å². The fraction of sp³-hybridized carbons (Fsp3) is 0.625. The maximum atomic E-state index is 5.98. The average Bonchev–Trinajstić information content (AvgIpc) is 2.34. The topological polar surface area (TPSA) is 12.5 Å². The van der Waals surface area contributed by atoms with Crippen molar-refractivity contribution in [3.8, 4) is 0 Å². The lowest BCUT2D eigenvalue weighted by Gasteiger charge is -2.38. The third-order valence-electron chi connectivity index (χ3n) is 4.40. The van der Waals surface area contributed by atoms with Crippen LogP contribution in [0.4, 0.5) is 0 Å². The summed E-state index contributed by atoms with van der Waals surface area (Å²) < 4.78 is 5.79. The van der Waals surface area contributed by atoms with Crippen LogP contribution < -0.4 is 5.46 Å². The number of rotatable bonds is 4. The number of thiol groups is 1. The smallest absolute Gasteiger partial charge is 0.330 e. The van der Waals surface area contributed by atoms with E-state index in [0.717, 1.165) is 25.0 Å². The highest BCUT2D eigenvalue weighted by atomic mass is 32.1. The highest BCUT2D eigenvalue weighted by molar-refractivity contribution is 7.81. The van der Waals surface area contributed by atoms with Gasteiger partial charge in [0.1, 0.15) is 0 Å². The molecule has 109 valence electrons. The van der Waals surface area contributed by atoms with Crippen molar-refractivity contribution in [3.05, 3.63) is 29.3 Å². The zero-order valence-corrected chi connectivity index (χ0v) is 14.1. The standard InChI is InChI=1S/C16H25BNOS/c1-15(2,16(3,4)20)19-17-14-7-6-12-8-9-18(5)11-13(12)10-14/h6-7,10,20H,8-9,11H2,1-5H3. The molecule has 1 radical (unpaired) electrons. The summed E-state index contributed by atoms with van der Waals surface area (Å²) in [6, 6.07) is 6.62. The molecule has 0 atom stereocenters. The zero-order valence-electron chi connectivity index (χ0n) is 13.2. The van der Waals surface area contributed by atoms with Gasteiger partial charge in [0.25, 0.3) is 0 Å². The van der Waals surface area contributed by atoms with E-state index in [-0.39, 0.29) is 10.3 Å². The van der Waals surface area contributed by atoms with E-state index in [9.17, 15) is 0 Å². The number of hydrogen-bond acceptors (Lipinski definition) is 3. The summed E-state index contributed by atoms with van der Waals surface area (Å²) in [4.78, 5) is 2.35. The average molecular weight is 290 g/mol. The second-order valence-corrected chi connectivity index (χ2v) is 7.94. The maximum absolute atomic E-state index is 5.98. The summed E-state index contributed by atoms with van der Waals surface area (Å²) in [6.07, 6.45) is 1.14. The molecule has 0 amide bonds. The summed E-state index contributed by atoms with van der Waals surface area (Å²) in [6.45, 7) is 10.5. The monoisotopic (exact) mass is 290 g/mol. The molecule has 4 heteroatoms. The van der Waals surface area contributed by atoms with E-state index in [1.165, 1.54) is 11.1 Å². The van der Waals surface area contributed by atoms with Crippen molar-refractivity contribution in [2.75, 3.05) is 13.6 Å². The van der Waals surface area contributed by atoms with Gasteiger partial charge in [0.2, 0.25) is 0 Å². The first-order chi connectivity index (χ1) is 9.19. The van der Waals surface area contributed by atoms with Gasteiger partial charge in [0.05, 0.1) is 5.60 Å². The molecule has 2 rings (SSSR count). The summed E-state index contributed by atoms with van der Waals surface area (Å²) in [5.41, 5.74) is 3.70. The minimum absolute atomic E-state index is 0.197. The van der Waals surface area contributed by atoms with Gasteiger partial charge in [-0.05, 0) is 52.3 Å². The normalized spacial score (nSPS) is 16.9. The lowest BCUT2D eigenvalue weighted by molar-refractivity contribution is 0.0854. The number of nitrogens with zero attached hydrogens (tertiary/aromatic N) is 1. The van der Waals surface area contributed by atoms with Gasteiger partial charge in [-0.25, -0.2) is 0 Å². The van der Waals surface area contributed by atoms with E-state index < -0.39 is 0 Å². The predicted molar refractivity (Wildman–Crippen MR) is 90.1 cm³/mol. The van der Waals surface area contributed by atoms with Crippen LogP contribution in [-0.4, -0.2) is 36.3 Å². The minimum atomic E-state index is -0.317. The van der Waals surface area contributed by atoms with E-state index in [4.69, 9.17) is 4.65 Å². The van der Waals surface area contributed by atoms with Gasteiger partial charge < -0.3 is 9.55 Å². The fourth-order valence-corrected chi connectivity index (χ4v) is 2.20. The third-order valence-corrected chi connectivity index (χ3v) is 4.93. The van der Waals surface area contributed by atoms with Crippen molar-refractivity contribution in [1.29, 1.82) is 0 Å². The molecule has 0 aromatic heterocycles. The van der Waals surface area contributed by atoms with E-state index >= 15 is 0 Å². The molecular weight excluding hydrogens is 265 g/mol. The second kappa shape index (κ2) is 5.74. The van der Waals surface area contributed by atoms with Gasteiger partial charge in [0.15, 0.2) is 0 Å². The maximum Gasteiger partial charge on any atom is 0.330 e. The molecule has 1 heterocycles. The minimum Gasteiger partial charge on any atom is -0.428 e. The summed E-state index contributed by atoms with van der Waals surface area (Å²) in [7, 11) is 4.04. The molecule has 2 nitrogen and oxygen atoms in total. The van der Waals surface area contributed by atoms with Gasteiger partial charge in [-0.2, -0.15) is 12.6 Å². The first-order valence-corrected chi connectivity index (χ1v) is 7.67. The Morgan fingerprint density at radius 1 is 1.20 bits per heavy atom. The number of hydrogen-bond donors (Lipinski definition) is 1. The van der Waals surface area contributed by atoms with E-state index in [0.29, 0.717) is 0 Å². The predicted octanol–water partition coefficient (Wildman–Crippen LogP) is 2.42. The van der Waals surface area contributed by atoms with Crippen LogP contribution in [0.15, 0.2) is 18.2 Å². The van der Waals surface area contributed by atoms with Crippen molar-refractivity contribution in [3.63, 3.8) is 0 Å². The molecule has 0 unspecified atom stereocenters. The Hall–Kier alpha value is -0.445. The number of fused-ring (bicyclic) bond motifs is 1. The van der Waals surface area contributed by atoms with Crippen LogP contribution in [0.5, 0.6) is 0 Å². The van der Waals surface area contributed by atoms with Gasteiger partial charge >= 0.3 is 7.48 Å². The lowest BCUT2D eigenvalue weighted by atomic mass is 9.82. The molecule has 1 aliphatic rings. The number of likely N-dealkylation sites (N-methyl/N-ethyl adjacent to an activating group) is 1. The first kappa shape index (κ1) is 15.9. The molecule has 1 aromatic rings. The van der Waals surface area contributed by atoms with Crippen molar-refractivity contribution in [2.45, 2.75) is 51.0 Å². The van der Waals surface area contributed by atoms with Gasteiger partial charge in [-0.15, -0.1) is 0 Å². The summed E-state index contributed by atoms with van der Waals surface area (Å²) in [5, 5.41) is 0. The van der Waals surface area contributed by atoms with Crippen LogP contribution in [0.2, 0.25) is 0 Å². The Labute approximate surface area is 129 Å². The van der Waals surface area contributed by atoms with Gasteiger partial charge in [-0.3, -0.25) is 0 Å². The molecule has 0 bridgehead atoms. The second-order valence-electron chi connectivity index (χ2n) is 6.82. The lowest BCUT2D eigenvalue weighted by Crippen LogP contribution is -2.45. The largest absolute Gasteiger partial charge is 0.428 e. The molecule has 0 saturated heterocycles. The Morgan fingerprint density at radius 3 is 2.55 bits per heavy atom. The Kier molecular flexibility index (Phi) is 4.58. The van der Waals surface area contributed by atoms with Crippen LogP contribution in [0.3, 0.4) is 0 Å². The molecule has 0 aliphatic carbocycles. The van der Waals surface area contributed by atoms with E-state index in [1.54, 1.807) is 0 Å². The zero-order chi connectivity index (χ0) is 15.0. The molecular formula is C16H25BNOS. The van der Waals surface area contributed by atoms with Crippen LogP contribution >= 0.6 is 12.6 Å². The highest BCUT2D eigenvalue weighted by Crippen LogP contribution is 2.30. The molecule has 1 aliphatic heterocycles. The van der Waals surface area contributed by atoms with Crippen molar-refractivity contribution < 1.29 is 4.65 Å². The molecule has 1 aromatic carbocycles. The first-order valence-electron chi connectivity index (χ1n) is 7.23. The third kappa shape index (κ3) is 3.60. The highest BCUT2D eigenvalue weighted by Gasteiger charge is 2.34. The molecule has 20 heavy (non-hydrogen) atoms. The molecule has 0 spiro atoms. The van der Waals surface area contributed by atoms with Crippen molar-refractivity contribution >= 4 is 25.6 Å². The summed E-state index contributed by atoms with van der Waals surface area (Å²) >= 11 is 4.62. The quantitative estimate of drug-likeness (QED) is 0.675. The van der Waals surface area contributed by atoms with Gasteiger partial charge in [-0.1, -0.05) is 23.7 Å². The van der Waals surface area contributed by atoms with Crippen LogP contribution in [0.25, 0.3) is 0 Å². The van der Waals surface area contributed by atoms with Crippen molar-refractivity contribution in [2.24, 2.45) is 0 Å². The van der Waals surface area contributed by atoms with Crippen LogP contribution in [0, 0.1) is 0 Å². The Bertz CT molecular complexity index is 482. The van der Waals surface area contributed by atoms with Gasteiger partial charge in [0, 0.05) is 17.8 Å². The Balaban J connectivity index is 2.06. The van der Waals surface area contributed by atoms with Crippen LogP contribution in [-0.2, 0) is 17.6 Å². The summed E-state index contributed by atoms with van der Waals surface area (Å²) in [5.74, 6) is 0. The van der Waals surface area contributed by atoms with Crippen LogP contribution in [0.1, 0.15) is 38.8 Å². The molecule has 0 N–H and O–H groups in total.